The molecule has 0 aliphatic rings. The molecule has 0 N–H and O–H groups in total. The summed E-state index contributed by atoms with van der Waals surface area (Å²) in [6.45, 7) is 1.54. The molecule has 4 rings (SSSR count). The molecule has 0 fully saturated rings. The van der Waals surface area contributed by atoms with Gasteiger partial charge >= 0.3 is 11.6 Å². The molecule has 0 amide bonds. The first-order valence-corrected chi connectivity index (χ1v) is 9.84. The Labute approximate surface area is 184 Å². The van der Waals surface area contributed by atoms with Gasteiger partial charge in [0.05, 0.1) is 13.2 Å². The number of nitrogens with zero attached hydrogens (tertiary/aromatic N) is 8. The Morgan fingerprint density at radius 1 is 0.727 bits per heavy atom. The predicted octanol–water partition coefficient (Wildman–Crippen LogP) is 1.84. The van der Waals surface area contributed by atoms with Crippen LogP contribution in [0.25, 0.3) is 11.3 Å². The van der Waals surface area contributed by atoms with Gasteiger partial charge in [-0.25, -0.2) is 9.97 Å². The Balaban J connectivity index is 1.13. The molecule has 0 aliphatic heterocycles. The van der Waals surface area contributed by atoms with Crippen molar-refractivity contribution in [2.75, 3.05) is 26.4 Å². The molecule has 4 aromatic heterocycles. The fourth-order valence-corrected chi connectivity index (χ4v) is 2.87. The summed E-state index contributed by atoms with van der Waals surface area (Å²) < 4.78 is 18.8. The fraction of sp³-hybridized carbons (Fsp3) is 0.333. The summed E-state index contributed by atoms with van der Waals surface area (Å²) in [5.74, 6) is 0.0259. The van der Waals surface area contributed by atoms with Crippen molar-refractivity contribution in [1.82, 2.24) is 29.2 Å². The lowest BCUT2D eigenvalue weighted by molar-refractivity contribution is -0.391. The van der Waals surface area contributed by atoms with Crippen molar-refractivity contribution in [1.29, 1.82) is 0 Å². The molecule has 4 heterocycles. The molecule has 0 spiro atoms. The van der Waals surface area contributed by atoms with Crippen LogP contribution in [0.5, 0.6) is 11.8 Å². The lowest BCUT2D eigenvalue weighted by Gasteiger charge is -2.06. The number of fused-ring (bicyclic) bond motifs is 2. The second kappa shape index (κ2) is 9.82. The zero-order valence-electron chi connectivity index (χ0n) is 17.1. The maximum atomic E-state index is 11.0. The SMILES string of the molecule is O=[N+]([O-])c1cnc2ccc(OCCCOCCCOc3ccc4ncc([N+](=O)[O-])n4n3)nn12. The molecule has 15 nitrogen and oxygen atoms in total. The van der Waals surface area contributed by atoms with Crippen molar-refractivity contribution in [2.24, 2.45) is 0 Å². The number of aromatic nitrogens is 6. The minimum Gasteiger partial charge on any atom is -0.475 e. The van der Waals surface area contributed by atoms with Gasteiger partial charge in [-0.2, -0.15) is 0 Å². The van der Waals surface area contributed by atoms with Crippen LogP contribution in [-0.2, 0) is 4.74 Å². The third-order valence-electron chi connectivity index (χ3n) is 4.38. The van der Waals surface area contributed by atoms with Crippen LogP contribution in [0.15, 0.2) is 36.7 Å². The van der Waals surface area contributed by atoms with Gasteiger partial charge in [0.1, 0.15) is 12.4 Å². The Kier molecular flexibility index (Phi) is 6.49. The summed E-state index contributed by atoms with van der Waals surface area (Å²) in [6, 6.07) is 6.36. The Morgan fingerprint density at radius 3 is 1.61 bits per heavy atom. The summed E-state index contributed by atoms with van der Waals surface area (Å²) in [7, 11) is 0. The zero-order chi connectivity index (χ0) is 23.2. The maximum Gasteiger partial charge on any atom is 0.368 e. The highest BCUT2D eigenvalue weighted by molar-refractivity contribution is 5.44. The van der Waals surface area contributed by atoms with Gasteiger partial charge in [0.15, 0.2) is 0 Å². The molecule has 0 saturated heterocycles. The van der Waals surface area contributed by atoms with E-state index in [-0.39, 0.29) is 23.4 Å². The number of hydrogen-bond donors (Lipinski definition) is 0. The summed E-state index contributed by atoms with van der Waals surface area (Å²) in [5, 5.41) is 30.0. The first kappa shape index (κ1) is 21.8. The second-order valence-electron chi connectivity index (χ2n) is 6.65. The molecule has 4 aromatic rings. The minimum absolute atomic E-state index is 0.237. The van der Waals surface area contributed by atoms with Gasteiger partial charge in [-0.3, -0.25) is 0 Å². The van der Waals surface area contributed by atoms with Gasteiger partial charge in [0, 0.05) is 50.3 Å². The third kappa shape index (κ3) is 5.09. The molecular formula is C18H18N8O7. The van der Waals surface area contributed by atoms with Crippen molar-refractivity contribution < 1.29 is 24.1 Å². The van der Waals surface area contributed by atoms with Gasteiger partial charge in [-0.15, -0.1) is 0 Å². The summed E-state index contributed by atoms with van der Waals surface area (Å²) in [5.41, 5.74) is 0.718. The van der Waals surface area contributed by atoms with E-state index in [4.69, 9.17) is 14.2 Å². The average Bonchev–Trinajstić information content (AvgIpc) is 3.41. The van der Waals surface area contributed by atoms with E-state index in [9.17, 15) is 20.2 Å². The molecular weight excluding hydrogens is 440 g/mol. The molecule has 0 saturated carbocycles. The quantitative estimate of drug-likeness (QED) is 0.172. The molecule has 0 aromatic carbocycles. The highest BCUT2D eigenvalue weighted by Crippen LogP contribution is 2.17. The van der Waals surface area contributed by atoms with E-state index < -0.39 is 9.85 Å². The summed E-state index contributed by atoms with van der Waals surface area (Å²) >= 11 is 0. The molecule has 0 aliphatic carbocycles. The van der Waals surface area contributed by atoms with Crippen LogP contribution in [0.4, 0.5) is 11.6 Å². The minimum atomic E-state index is -0.565. The standard InChI is InChI=1S/C18H18N8O7/c27-25(28)17-11-19-13-3-5-15(21-23(13)17)32-9-1-7-31-8-2-10-33-16-6-4-14-20-12-18(26(29)30)24(14)22-16/h3-6,11-12H,1-2,7-10H2. The zero-order valence-corrected chi connectivity index (χ0v) is 17.1. The van der Waals surface area contributed by atoms with Crippen molar-refractivity contribution in [2.45, 2.75) is 12.8 Å². The molecule has 0 atom stereocenters. The molecule has 172 valence electrons. The number of rotatable bonds is 12. The Hall–Kier alpha value is -4.40. The maximum absolute atomic E-state index is 11.0. The first-order chi connectivity index (χ1) is 16.0. The second-order valence-corrected chi connectivity index (χ2v) is 6.65. The van der Waals surface area contributed by atoms with E-state index in [0.717, 1.165) is 21.4 Å². The van der Waals surface area contributed by atoms with E-state index in [1.807, 2.05) is 0 Å². The van der Waals surface area contributed by atoms with Gasteiger partial charge in [0.25, 0.3) is 11.8 Å². The molecule has 0 radical (unpaired) electrons. The number of imidazole rings is 2. The molecule has 33 heavy (non-hydrogen) atoms. The molecule has 15 heteroatoms. The van der Waals surface area contributed by atoms with Crippen LogP contribution >= 0.6 is 0 Å². The molecule has 0 bridgehead atoms. The van der Waals surface area contributed by atoms with Gasteiger partial charge in [0.2, 0.25) is 11.3 Å². The average molecular weight is 458 g/mol. The van der Waals surface area contributed by atoms with Gasteiger partial charge in [-0.05, 0) is 20.0 Å². The van der Waals surface area contributed by atoms with Crippen LogP contribution in [0.2, 0.25) is 0 Å². The van der Waals surface area contributed by atoms with E-state index >= 15 is 0 Å². The van der Waals surface area contributed by atoms with Crippen LogP contribution in [0, 0.1) is 20.2 Å². The summed E-state index contributed by atoms with van der Waals surface area (Å²) in [6.07, 6.45) is 3.46. The van der Waals surface area contributed by atoms with Crippen LogP contribution in [0.3, 0.4) is 0 Å². The third-order valence-corrected chi connectivity index (χ3v) is 4.38. The van der Waals surface area contributed by atoms with Crippen LogP contribution in [0.1, 0.15) is 12.8 Å². The van der Waals surface area contributed by atoms with E-state index in [1.54, 1.807) is 24.3 Å². The number of ether oxygens (including phenoxy) is 3. The monoisotopic (exact) mass is 458 g/mol. The Morgan fingerprint density at radius 2 is 1.18 bits per heavy atom. The first-order valence-electron chi connectivity index (χ1n) is 9.84. The fourth-order valence-electron chi connectivity index (χ4n) is 2.87. The Bertz CT molecular complexity index is 1190. The van der Waals surface area contributed by atoms with Crippen molar-refractivity contribution in [3.05, 3.63) is 56.9 Å². The van der Waals surface area contributed by atoms with Crippen molar-refractivity contribution in [3.63, 3.8) is 0 Å². The molecule has 0 unspecified atom stereocenters. The van der Waals surface area contributed by atoms with Crippen molar-refractivity contribution in [3.8, 4) is 11.8 Å². The number of nitro groups is 2. The van der Waals surface area contributed by atoms with Gasteiger partial charge in [-0.1, -0.05) is 9.03 Å². The van der Waals surface area contributed by atoms with Gasteiger partial charge < -0.3 is 34.4 Å². The van der Waals surface area contributed by atoms with E-state index in [2.05, 4.69) is 20.2 Å². The smallest absolute Gasteiger partial charge is 0.368 e. The van der Waals surface area contributed by atoms with E-state index in [0.29, 0.717) is 50.6 Å². The van der Waals surface area contributed by atoms with E-state index in [1.165, 1.54) is 0 Å². The highest BCUT2D eigenvalue weighted by atomic mass is 16.6. The summed E-state index contributed by atoms with van der Waals surface area (Å²) in [4.78, 5) is 28.6. The number of hydrogen-bond acceptors (Lipinski definition) is 11. The highest BCUT2D eigenvalue weighted by Gasteiger charge is 2.17. The lowest BCUT2D eigenvalue weighted by atomic mass is 10.4. The largest absolute Gasteiger partial charge is 0.475 e. The predicted molar refractivity (Wildman–Crippen MR) is 110 cm³/mol. The van der Waals surface area contributed by atoms with Crippen molar-refractivity contribution >= 4 is 22.9 Å². The van der Waals surface area contributed by atoms with Crippen LogP contribution in [-0.4, -0.2) is 65.5 Å². The normalized spacial score (nSPS) is 11.2. The topological polar surface area (TPSA) is 174 Å². The van der Waals surface area contributed by atoms with Crippen LogP contribution < -0.4 is 9.47 Å². The lowest BCUT2D eigenvalue weighted by Crippen LogP contribution is -2.09.